The predicted molar refractivity (Wildman–Crippen MR) is 46.1 cm³/mol. The van der Waals surface area contributed by atoms with Crippen molar-refractivity contribution in [2.75, 3.05) is 6.61 Å². The number of hydrogen-bond donors (Lipinski definition) is 0. The number of hydrogen-bond acceptors (Lipinski definition) is 3. The number of esters is 1. The maximum atomic E-state index is 11.2. The summed E-state index contributed by atoms with van der Waals surface area (Å²) < 4.78 is 4.81. The van der Waals surface area contributed by atoms with E-state index in [0.29, 0.717) is 12.3 Å². The minimum Gasteiger partial charge on any atom is -0.599 e. The smallest absolute Gasteiger partial charge is 0.351 e. The van der Waals surface area contributed by atoms with Gasteiger partial charge in [0.1, 0.15) is 5.71 Å². The van der Waals surface area contributed by atoms with E-state index in [0.717, 1.165) is 0 Å². The molecule has 0 aromatic rings. The van der Waals surface area contributed by atoms with Crippen LogP contribution >= 0.6 is 0 Å². The molecule has 13 heavy (non-hydrogen) atoms. The predicted octanol–water partition coefficient (Wildman–Crippen LogP) is 1.31. The number of rotatable bonds is 2. The van der Waals surface area contributed by atoms with Gasteiger partial charge in [0.2, 0.25) is 0 Å². The Labute approximate surface area is 103 Å². The zero-order valence-electron chi connectivity index (χ0n) is 8.15. The third-order valence-electron chi connectivity index (χ3n) is 1.99. The first-order valence-corrected chi connectivity index (χ1v) is 4.11. The molecule has 0 saturated carbocycles. The van der Waals surface area contributed by atoms with Crippen molar-refractivity contribution in [1.29, 1.82) is 0 Å². The largest absolute Gasteiger partial charge is 0.599 e. The number of carbonyl (C=O) groups is 1. The molecule has 0 amide bonds. The molecule has 0 aliphatic carbocycles. The molecular formula is C8H13N2O2Y-. The van der Waals surface area contributed by atoms with Gasteiger partial charge in [-0.2, -0.15) is 0 Å². The molecule has 1 radical (unpaired) electrons. The van der Waals surface area contributed by atoms with Gasteiger partial charge in [-0.3, -0.25) is 0 Å². The molecule has 0 unspecified atom stereocenters. The summed E-state index contributed by atoms with van der Waals surface area (Å²) in [5.41, 5.74) is 4.34. The molecule has 2 atom stereocenters. The first kappa shape index (κ1) is 13.0. The molecule has 0 spiro atoms. The van der Waals surface area contributed by atoms with Crippen molar-refractivity contribution < 1.29 is 42.2 Å². The van der Waals surface area contributed by atoms with Crippen LogP contribution in [0, 0.1) is 5.92 Å². The molecule has 0 bridgehead atoms. The normalized spacial score (nSPS) is 25.6. The summed E-state index contributed by atoms with van der Waals surface area (Å²) in [6, 6.07) is 0.101. The summed E-state index contributed by atoms with van der Waals surface area (Å²) in [5, 5.41) is 3.78. The van der Waals surface area contributed by atoms with Crippen LogP contribution in [0.1, 0.15) is 20.8 Å². The zero-order chi connectivity index (χ0) is 9.14. The number of nitrogens with zero attached hydrogens (tertiary/aromatic N) is 2. The van der Waals surface area contributed by atoms with Gasteiger partial charge in [0, 0.05) is 32.7 Å². The fourth-order valence-electron chi connectivity index (χ4n) is 1.00. The van der Waals surface area contributed by atoms with Crippen LogP contribution in [0.4, 0.5) is 0 Å². The minimum atomic E-state index is -0.335. The Balaban J connectivity index is 0.00000144. The van der Waals surface area contributed by atoms with Crippen LogP contribution in [0.2, 0.25) is 0 Å². The minimum absolute atomic E-state index is 0. The van der Waals surface area contributed by atoms with Gasteiger partial charge in [-0.25, -0.2) is 4.79 Å². The van der Waals surface area contributed by atoms with Gasteiger partial charge in [0.25, 0.3) is 0 Å². The summed E-state index contributed by atoms with van der Waals surface area (Å²) in [6.07, 6.45) is 0. The molecule has 0 saturated heterocycles. The Morgan fingerprint density at radius 2 is 2.23 bits per heavy atom. The second-order valence-electron chi connectivity index (χ2n) is 2.85. The number of carbonyl (C=O) groups excluding carboxylic acids is 1. The molecule has 1 aliphatic heterocycles. The Morgan fingerprint density at radius 1 is 1.62 bits per heavy atom. The van der Waals surface area contributed by atoms with Crippen LogP contribution in [0.5, 0.6) is 0 Å². The fraction of sp³-hybridized carbons (Fsp3) is 0.750. The van der Waals surface area contributed by atoms with E-state index in [1.54, 1.807) is 6.92 Å². The van der Waals surface area contributed by atoms with Gasteiger partial charge >= 0.3 is 5.97 Å². The summed E-state index contributed by atoms with van der Waals surface area (Å²) >= 11 is 0. The van der Waals surface area contributed by atoms with E-state index in [1.165, 1.54) is 0 Å². The van der Waals surface area contributed by atoms with Crippen molar-refractivity contribution in [2.24, 2.45) is 11.0 Å². The van der Waals surface area contributed by atoms with Gasteiger partial charge in [0.05, 0.1) is 6.61 Å². The average molecular weight is 258 g/mol. The number of ether oxygens (including phenoxy) is 1. The van der Waals surface area contributed by atoms with Crippen molar-refractivity contribution in [3.05, 3.63) is 5.43 Å². The topological polar surface area (TPSA) is 52.8 Å². The molecule has 0 N–H and O–H groups in total. The summed E-state index contributed by atoms with van der Waals surface area (Å²) in [5.74, 6) is -0.248. The maximum absolute atomic E-state index is 11.2. The molecule has 1 rings (SSSR count). The molecule has 0 fully saturated rings. The van der Waals surface area contributed by atoms with Crippen molar-refractivity contribution in [2.45, 2.75) is 26.8 Å². The van der Waals surface area contributed by atoms with E-state index < -0.39 is 0 Å². The van der Waals surface area contributed by atoms with Gasteiger partial charge < -0.3 is 15.3 Å². The quantitative estimate of drug-likeness (QED) is 0.701. The van der Waals surface area contributed by atoms with Crippen LogP contribution < -0.4 is 0 Å². The van der Waals surface area contributed by atoms with Gasteiger partial charge in [-0.1, -0.05) is 13.8 Å². The molecule has 4 nitrogen and oxygen atoms in total. The summed E-state index contributed by atoms with van der Waals surface area (Å²) in [4.78, 5) is 11.2. The van der Waals surface area contributed by atoms with Crippen LogP contribution in [-0.4, -0.2) is 24.3 Å². The molecule has 0 aromatic carbocycles. The van der Waals surface area contributed by atoms with E-state index in [4.69, 9.17) is 4.74 Å². The Bertz CT molecular complexity index is 218. The van der Waals surface area contributed by atoms with Gasteiger partial charge in [-0.05, 0) is 12.8 Å². The molecule has 1 heterocycles. The Morgan fingerprint density at radius 3 is 2.62 bits per heavy atom. The van der Waals surface area contributed by atoms with E-state index >= 15 is 0 Å². The maximum Gasteiger partial charge on any atom is 0.351 e. The van der Waals surface area contributed by atoms with E-state index in [9.17, 15) is 4.79 Å². The molecule has 1 aliphatic rings. The third kappa shape index (κ3) is 3.02. The van der Waals surface area contributed by atoms with Gasteiger partial charge in [-0.15, -0.1) is 6.04 Å². The van der Waals surface area contributed by atoms with Crippen molar-refractivity contribution in [1.82, 2.24) is 0 Å². The molecule has 5 heteroatoms. The van der Waals surface area contributed by atoms with Crippen molar-refractivity contribution in [3.8, 4) is 0 Å². The third-order valence-corrected chi connectivity index (χ3v) is 1.99. The average Bonchev–Trinajstić information content (AvgIpc) is 2.34. The molecular weight excluding hydrogens is 245 g/mol. The van der Waals surface area contributed by atoms with Crippen LogP contribution in [0.25, 0.3) is 5.43 Å². The standard InChI is InChI=1S/C8H14N2O2.Y/c1-4-12-8(11)7-5(2)6(3)9-10-7;/h5-6H,4H2,1-3H3,(H,9,11);/p-1/t5-,6-;/m1./s1. The summed E-state index contributed by atoms with van der Waals surface area (Å²) in [7, 11) is 0. The zero-order valence-corrected chi connectivity index (χ0v) is 11.0. The fourth-order valence-corrected chi connectivity index (χ4v) is 1.00. The first-order valence-electron chi connectivity index (χ1n) is 4.11. The SMILES string of the molecule is CCOC(=O)C1=N[N-][C@H](C)[C@H]1C.[Y]. The second kappa shape index (κ2) is 5.71. The van der Waals surface area contributed by atoms with E-state index in [2.05, 4.69) is 10.5 Å². The molecule has 0 aromatic heterocycles. The van der Waals surface area contributed by atoms with Crippen LogP contribution in [0.3, 0.4) is 0 Å². The monoisotopic (exact) mass is 258 g/mol. The van der Waals surface area contributed by atoms with Crippen LogP contribution in [0.15, 0.2) is 5.10 Å². The van der Waals surface area contributed by atoms with E-state index in [-0.39, 0.29) is 50.6 Å². The molecule has 71 valence electrons. The van der Waals surface area contributed by atoms with Gasteiger partial charge in [0.15, 0.2) is 0 Å². The van der Waals surface area contributed by atoms with Crippen LogP contribution in [-0.2, 0) is 42.2 Å². The van der Waals surface area contributed by atoms with Crippen molar-refractivity contribution in [3.63, 3.8) is 0 Å². The Hall–Kier alpha value is 0.0439. The second-order valence-corrected chi connectivity index (χ2v) is 2.85. The van der Waals surface area contributed by atoms with Crippen molar-refractivity contribution >= 4 is 11.7 Å². The summed E-state index contributed by atoms with van der Waals surface area (Å²) in [6.45, 7) is 6.02. The van der Waals surface area contributed by atoms with E-state index in [1.807, 2.05) is 13.8 Å². The Kier molecular flexibility index (Phi) is 5.73. The first-order chi connectivity index (χ1) is 5.66.